The Labute approximate surface area is 106 Å². The van der Waals surface area contributed by atoms with Crippen molar-refractivity contribution in [2.75, 3.05) is 7.11 Å². The molecule has 0 saturated carbocycles. The third-order valence-electron chi connectivity index (χ3n) is 3.20. The first kappa shape index (κ1) is 12.6. The SMILES string of the molecule is COC(Cc1ccc(C)c2ccccc12)C(=O)O. The largest absolute Gasteiger partial charge is 0.479 e. The molecule has 0 saturated heterocycles. The van der Waals surface area contributed by atoms with Crippen LogP contribution in [0.4, 0.5) is 0 Å². The smallest absolute Gasteiger partial charge is 0.333 e. The summed E-state index contributed by atoms with van der Waals surface area (Å²) in [5, 5.41) is 11.3. The van der Waals surface area contributed by atoms with Gasteiger partial charge in [0, 0.05) is 13.5 Å². The molecule has 3 heteroatoms. The molecule has 0 aromatic heterocycles. The first-order valence-electron chi connectivity index (χ1n) is 5.86. The van der Waals surface area contributed by atoms with E-state index in [-0.39, 0.29) is 0 Å². The Morgan fingerprint density at radius 1 is 1.22 bits per heavy atom. The van der Waals surface area contributed by atoms with E-state index in [1.165, 1.54) is 12.7 Å². The maximum Gasteiger partial charge on any atom is 0.333 e. The molecular formula is C15H16O3. The van der Waals surface area contributed by atoms with Crippen LogP contribution in [-0.4, -0.2) is 24.3 Å². The summed E-state index contributed by atoms with van der Waals surface area (Å²) in [5.74, 6) is -0.929. The van der Waals surface area contributed by atoms with Crippen LogP contribution in [0.5, 0.6) is 0 Å². The van der Waals surface area contributed by atoms with Gasteiger partial charge < -0.3 is 9.84 Å². The number of methoxy groups -OCH3 is 1. The van der Waals surface area contributed by atoms with Crippen molar-refractivity contribution in [3.8, 4) is 0 Å². The van der Waals surface area contributed by atoms with Crippen molar-refractivity contribution >= 4 is 16.7 Å². The minimum absolute atomic E-state index is 0.382. The summed E-state index contributed by atoms with van der Waals surface area (Å²) in [7, 11) is 1.43. The van der Waals surface area contributed by atoms with E-state index < -0.39 is 12.1 Å². The van der Waals surface area contributed by atoms with Crippen molar-refractivity contribution in [1.29, 1.82) is 0 Å². The van der Waals surface area contributed by atoms with E-state index in [0.29, 0.717) is 6.42 Å². The maximum absolute atomic E-state index is 11.0. The molecule has 2 rings (SSSR count). The summed E-state index contributed by atoms with van der Waals surface area (Å²) in [5.41, 5.74) is 2.20. The molecule has 0 amide bonds. The quantitative estimate of drug-likeness (QED) is 0.899. The lowest BCUT2D eigenvalue weighted by Crippen LogP contribution is -2.24. The molecule has 0 radical (unpaired) electrons. The maximum atomic E-state index is 11.0. The fourth-order valence-corrected chi connectivity index (χ4v) is 2.16. The van der Waals surface area contributed by atoms with Crippen LogP contribution < -0.4 is 0 Å². The van der Waals surface area contributed by atoms with E-state index in [2.05, 4.69) is 13.0 Å². The molecule has 0 fully saturated rings. The second-order valence-corrected chi connectivity index (χ2v) is 4.35. The van der Waals surface area contributed by atoms with E-state index in [1.807, 2.05) is 30.3 Å². The molecule has 1 unspecified atom stereocenters. The van der Waals surface area contributed by atoms with Gasteiger partial charge in [-0.3, -0.25) is 0 Å². The second-order valence-electron chi connectivity index (χ2n) is 4.35. The van der Waals surface area contributed by atoms with Gasteiger partial charge in [-0.15, -0.1) is 0 Å². The second kappa shape index (κ2) is 5.19. The van der Waals surface area contributed by atoms with Crippen LogP contribution in [0.25, 0.3) is 10.8 Å². The van der Waals surface area contributed by atoms with Crippen molar-refractivity contribution in [2.24, 2.45) is 0 Å². The van der Waals surface area contributed by atoms with Gasteiger partial charge in [0.15, 0.2) is 6.10 Å². The Hall–Kier alpha value is -1.87. The van der Waals surface area contributed by atoms with Gasteiger partial charge in [-0.05, 0) is 28.8 Å². The molecular weight excluding hydrogens is 228 g/mol. The van der Waals surface area contributed by atoms with Crippen LogP contribution in [0, 0.1) is 6.92 Å². The average Bonchev–Trinajstić information content (AvgIpc) is 2.38. The number of fused-ring (bicyclic) bond motifs is 1. The number of carboxylic acids is 1. The molecule has 18 heavy (non-hydrogen) atoms. The van der Waals surface area contributed by atoms with Crippen LogP contribution in [0.3, 0.4) is 0 Å². The van der Waals surface area contributed by atoms with E-state index in [9.17, 15) is 4.79 Å². The Kier molecular flexibility index (Phi) is 3.63. The first-order chi connectivity index (χ1) is 8.63. The zero-order valence-electron chi connectivity index (χ0n) is 10.5. The van der Waals surface area contributed by atoms with Crippen molar-refractivity contribution in [3.63, 3.8) is 0 Å². The van der Waals surface area contributed by atoms with E-state index in [1.54, 1.807) is 0 Å². The number of carboxylic acid groups (broad SMARTS) is 1. The number of rotatable bonds is 4. The molecule has 1 N–H and O–H groups in total. The highest BCUT2D eigenvalue weighted by Gasteiger charge is 2.18. The fourth-order valence-electron chi connectivity index (χ4n) is 2.16. The van der Waals surface area contributed by atoms with Gasteiger partial charge in [-0.2, -0.15) is 0 Å². The first-order valence-corrected chi connectivity index (χ1v) is 5.86. The molecule has 0 aliphatic carbocycles. The third-order valence-corrected chi connectivity index (χ3v) is 3.20. The zero-order chi connectivity index (χ0) is 13.1. The highest BCUT2D eigenvalue weighted by molar-refractivity contribution is 5.89. The molecule has 0 spiro atoms. The minimum atomic E-state index is -0.929. The Bertz CT molecular complexity index is 575. The number of hydrogen-bond donors (Lipinski definition) is 1. The van der Waals surface area contributed by atoms with Gasteiger partial charge in [0.1, 0.15) is 0 Å². The van der Waals surface area contributed by atoms with Gasteiger partial charge in [-0.25, -0.2) is 4.79 Å². The number of carbonyl (C=O) groups is 1. The molecule has 0 heterocycles. The average molecular weight is 244 g/mol. The molecule has 2 aromatic carbocycles. The van der Waals surface area contributed by atoms with E-state index in [4.69, 9.17) is 9.84 Å². The summed E-state index contributed by atoms with van der Waals surface area (Å²) < 4.78 is 5.00. The monoisotopic (exact) mass is 244 g/mol. The molecule has 0 bridgehead atoms. The lowest BCUT2D eigenvalue weighted by molar-refractivity contribution is -0.148. The number of benzene rings is 2. The summed E-state index contributed by atoms with van der Waals surface area (Å²) in [4.78, 5) is 11.0. The highest BCUT2D eigenvalue weighted by atomic mass is 16.5. The summed E-state index contributed by atoms with van der Waals surface area (Å²) in [6, 6.07) is 12.0. The fraction of sp³-hybridized carbons (Fsp3) is 0.267. The Morgan fingerprint density at radius 3 is 2.50 bits per heavy atom. The molecule has 94 valence electrons. The third kappa shape index (κ3) is 2.36. The zero-order valence-corrected chi connectivity index (χ0v) is 10.5. The van der Waals surface area contributed by atoms with Crippen LogP contribution in [0.2, 0.25) is 0 Å². The van der Waals surface area contributed by atoms with Crippen molar-refractivity contribution in [2.45, 2.75) is 19.4 Å². The predicted molar refractivity (Wildman–Crippen MR) is 70.8 cm³/mol. The van der Waals surface area contributed by atoms with Crippen LogP contribution in [-0.2, 0) is 16.0 Å². The molecule has 0 aliphatic heterocycles. The van der Waals surface area contributed by atoms with Gasteiger partial charge in [0.25, 0.3) is 0 Å². The molecule has 0 aliphatic rings. The molecule has 1 atom stereocenters. The minimum Gasteiger partial charge on any atom is -0.479 e. The normalized spacial score (nSPS) is 12.6. The highest BCUT2D eigenvalue weighted by Crippen LogP contribution is 2.23. The van der Waals surface area contributed by atoms with Crippen molar-refractivity contribution in [1.82, 2.24) is 0 Å². The number of ether oxygens (including phenoxy) is 1. The number of aliphatic carboxylic acids is 1. The predicted octanol–water partition coefficient (Wildman–Crippen LogP) is 2.79. The number of aryl methyl sites for hydroxylation is 1. The van der Waals surface area contributed by atoms with Gasteiger partial charge in [0.05, 0.1) is 0 Å². The molecule has 2 aromatic rings. The van der Waals surface area contributed by atoms with Crippen LogP contribution in [0.1, 0.15) is 11.1 Å². The summed E-state index contributed by atoms with van der Waals surface area (Å²) >= 11 is 0. The van der Waals surface area contributed by atoms with Crippen LogP contribution in [0.15, 0.2) is 36.4 Å². The van der Waals surface area contributed by atoms with E-state index >= 15 is 0 Å². The van der Waals surface area contributed by atoms with Crippen LogP contribution >= 0.6 is 0 Å². The van der Waals surface area contributed by atoms with Crippen molar-refractivity contribution in [3.05, 3.63) is 47.5 Å². The lowest BCUT2D eigenvalue weighted by atomic mass is 9.97. The van der Waals surface area contributed by atoms with Gasteiger partial charge in [0.2, 0.25) is 0 Å². The van der Waals surface area contributed by atoms with E-state index in [0.717, 1.165) is 16.3 Å². The standard InChI is InChI=1S/C15H16O3/c1-10-7-8-11(9-14(18-2)15(16)17)13-6-4-3-5-12(10)13/h3-8,14H,9H2,1-2H3,(H,16,17). The molecule has 3 nitrogen and oxygen atoms in total. The summed E-state index contributed by atoms with van der Waals surface area (Å²) in [6.45, 7) is 2.05. The van der Waals surface area contributed by atoms with Gasteiger partial charge in [-0.1, -0.05) is 36.4 Å². The number of hydrogen-bond acceptors (Lipinski definition) is 2. The Balaban J connectivity index is 2.45. The lowest BCUT2D eigenvalue weighted by Gasteiger charge is -2.13. The van der Waals surface area contributed by atoms with Crippen molar-refractivity contribution < 1.29 is 14.6 Å². The topological polar surface area (TPSA) is 46.5 Å². The Morgan fingerprint density at radius 2 is 1.89 bits per heavy atom. The van der Waals surface area contributed by atoms with Gasteiger partial charge >= 0.3 is 5.97 Å². The summed E-state index contributed by atoms with van der Waals surface area (Å²) in [6.07, 6.45) is -0.414.